The minimum absolute atomic E-state index is 0.486. The molecular formula is C61H39NO. The number of para-hydroxylation sites is 1. The molecule has 2 aliphatic carbocycles. The van der Waals surface area contributed by atoms with Crippen LogP contribution in [0.25, 0.3) is 77.6 Å². The number of nitrogens with zero attached hydrogens (tertiary/aromatic N) is 1. The summed E-state index contributed by atoms with van der Waals surface area (Å²) in [5.41, 5.74) is 21.9. The number of rotatable bonds is 6. The van der Waals surface area contributed by atoms with Crippen LogP contribution in [-0.2, 0) is 5.41 Å². The molecule has 10 aromatic carbocycles. The van der Waals surface area contributed by atoms with Crippen molar-refractivity contribution in [1.29, 1.82) is 0 Å². The fraction of sp³-hybridized carbons (Fsp3) is 0.0164. The zero-order valence-electron chi connectivity index (χ0n) is 34.4. The van der Waals surface area contributed by atoms with Crippen molar-refractivity contribution < 1.29 is 4.42 Å². The third-order valence-electron chi connectivity index (χ3n) is 13.5. The predicted octanol–water partition coefficient (Wildman–Crippen LogP) is 16.4. The minimum atomic E-state index is -0.486. The molecule has 1 aromatic heterocycles. The Balaban J connectivity index is 1.17. The zero-order valence-corrected chi connectivity index (χ0v) is 34.4. The summed E-state index contributed by atoms with van der Waals surface area (Å²) < 4.78 is 6.47. The molecule has 1 spiro atoms. The van der Waals surface area contributed by atoms with Crippen molar-refractivity contribution >= 4 is 39.0 Å². The summed E-state index contributed by atoms with van der Waals surface area (Å²) in [5, 5.41) is 2.19. The Bertz CT molecular complexity index is 3540. The van der Waals surface area contributed by atoms with Crippen LogP contribution >= 0.6 is 0 Å². The quantitative estimate of drug-likeness (QED) is 0.167. The van der Waals surface area contributed by atoms with Crippen LogP contribution in [0.15, 0.2) is 241 Å². The molecule has 0 atom stereocenters. The summed E-state index contributed by atoms with van der Waals surface area (Å²) in [7, 11) is 0. The third-order valence-corrected chi connectivity index (χ3v) is 13.5. The molecule has 2 nitrogen and oxygen atoms in total. The van der Waals surface area contributed by atoms with Gasteiger partial charge in [-0.05, 0) is 103 Å². The van der Waals surface area contributed by atoms with Crippen LogP contribution in [0.5, 0.6) is 0 Å². The molecule has 11 aromatic rings. The summed E-state index contributed by atoms with van der Waals surface area (Å²) in [6.07, 6.45) is 0. The van der Waals surface area contributed by atoms with E-state index in [0.29, 0.717) is 0 Å². The normalized spacial score (nSPS) is 12.9. The van der Waals surface area contributed by atoms with E-state index in [9.17, 15) is 0 Å². The van der Waals surface area contributed by atoms with E-state index in [2.05, 4.69) is 235 Å². The van der Waals surface area contributed by atoms with Crippen molar-refractivity contribution in [3.05, 3.63) is 259 Å². The second-order valence-corrected chi connectivity index (χ2v) is 16.7. The van der Waals surface area contributed by atoms with E-state index in [0.717, 1.165) is 50.1 Å². The Kier molecular flexibility index (Phi) is 7.85. The van der Waals surface area contributed by atoms with Gasteiger partial charge in [0.05, 0.1) is 16.8 Å². The van der Waals surface area contributed by atoms with Crippen LogP contribution < -0.4 is 4.90 Å². The van der Waals surface area contributed by atoms with Crippen molar-refractivity contribution in [3.8, 4) is 55.6 Å². The van der Waals surface area contributed by atoms with Gasteiger partial charge in [-0.25, -0.2) is 0 Å². The molecule has 0 saturated heterocycles. The first kappa shape index (κ1) is 35.5. The molecule has 0 saturated carbocycles. The van der Waals surface area contributed by atoms with E-state index in [1.807, 2.05) is 6.07 Å². The van der Waals surface area contributed by atoms with E-state index in [1.165, 1.54) is 66.8 Å². The summed E-state index contributed by atoms with van der Waals surface area (Å²) in [4.78, 5) is 2.53. The number of hydrogen-bond acceptors (Lipinski definition) is 2. The number of furan rings is 1. The number of anilines is 3. The fourth-order valence-electron chi connectivity index (χ4n) is 11.0. The summed E-state index contributed by atoms with van der Waals surface area (Å²) >= 11 is 0. The summed E-state index contributed by atoms with van der Waals surface area (Å²) in [6.45, 7) is 0. The van der Waals surface area contributed by atoms with Gasteiger partial charge in [0, 0.05) is 27.6 Å². The van der Waals surface area contributed by atoms with Gasteiger partial charge in [-0.3, -0.25) is 0 Å². The maximum absolute atomic E-state index is 6.47. The average Bonchev–Trinajstić information content (AvgIpc) is 3.99. The summed E-state index contributed by atoms with van der Waals surface area (Å²) in [6, 6.07) is 86.7. The molecule has 2 aliphatic rings. The Morgan fingerprint density at radius 2 is 0.778 bits per heavy atom. The first-order valence-electron chi connectivity index (χ1n) is 21.8. The van der Waals surface area contributed by atoms with Crippen LogP contribution in [0, 0.1) is 0 Å². The Morgan fingerprint density at radius 3 is 1.48 bits per heavy atom. The number of benzene rings is 10. The number of hydrogen-bond donors (Lipinski definition) is 0. The molecule has 63 heavy (non-hydrogen) atoms. The van der Waals surface area contributed by atoms with Crippen LogP contribution in [0.2, 0.25) is 0 Å². The van der Waals surface area contributed by atoms with Crippen molar-refractivity contribution in [2.45, 2.75) is 5.41 Å². The van der Waals surface area contributed by atoms with Crippen molar-refractivity contribution in [3.63, 3.8) is 0 Å². The van der Waals surface area contributed by atoms with Gasteiger partial charge in [-0.15, -0.1) is 0 Å². The van der Waals surface area contributed by atoms with E-state index >= 15 is 0 Å². The molecule has 0 N–H and O–H groups in total. The molecule has 0 radical (unpaired) electrons. The molecule has 13 rings (SSSR count). The molecule has 0 amide bonds. The van der Waals surface area contributed by atoms with Crippen LogP contribution in [0.1, 0.15) is 22.3 Å². The molecular weight excluding hydrogens is 763 g/mol. The highest BCUT2D eigenvalue weighted by molar-refractivity contribution is 6.09. The van der Waals surface area contributed by atoms with Crippen LogP contribution in [0.3, 0.4) is 0 Å². The van der Waals surface area contributed by atoms with Gasteiger partial charge >= 0.3 is 0 Å². The van der Waals surface area contributed by atoms with Crippen LogP contribution in [-0.4, -0.2) is 0 Å². The molecule has 0 unspecified atom stereocenters. The smallest absolute Gasteiger partial charge is 0.135 e. The lowest BCUT2D eigenvalue weighted by atomic mass is 9.70. The topological polar surface area (TPSA) is 16.4 Å². The largest absolute Gasteiger partial charge is 0.456 e. The molecule has 1 heterocycles. The van der Waals surface area contributed by atoms with Gasteiger partial charge in [0.15, 0.2) is 0 Å². The Labute approximate surface area is 366 Å². The van der Waals surface area contributed by atoms with Crippen molar-refractivity contribution in [1.82, 2.24) is 0 Å². The van der Waals surface area contributed by atoms with Crippen molar-refractivity contribution in [2.75, 3.05) is 4.90 Å². The highest BCUT2D eigenvalue weighted by atomic mass is 16.3. The van der Waals surface area contributed by atoms with Gasteiger partial charge < -0.3 is 9.32 Å². The maximum atomic E-state index is 6.47. The molecule has 0 bridgehead atoms. The molecule has 0 aliphatic heterocycles. The van der Waals surface area contributed by atoms with E-state index in [-0.39, 0.29) is 0 Å². The fourth-order valence-corrected chi connectivity index (χ4v) is 11.0. The van der Waals surface area contributed by atoms with Gasteiger partial charge in [-0.2, -0.15) is 0 Å². The van der Waals surface area contributed by atoms with E-state index in [4.69, 9.17) is 4.42 Å². The van der Waals surface area contributed by atoms with Gasteiger partial charge in [-0.1, -0.05) is 200 Å². The third kappa shape index (κ3) is 5.13. The Hall–Kier alpha value is -8.20. The van der Waals surface area contributed by atoms with Gasteiger partial charge in [0.1, 0.15) is 11.2 Å². The lowest BCUT2D eigenvalue weighted by molar-refractivity contribution is 0.669. The first-order valence-corrected chi connectivity index (χ1v) is 21.8. The molecule has 0 fully saturated rings. The Morgan fingerprint density at radius 1 is 0.302 bits per heavy atom. The predicted molar refractivity (Wildman–Crippen MR) is 261 cm³/mol. The lowest BCUT2D eigenvalue weighted by Crippen LogP contribution is -2.26. The number of fused-ring (bicyclic) bond motifs is 13. The maximum Gasteiger partial charge on any atom is 0.135 e. The molecule has 294 valence electrons. The first-order chi connectivity index (χ1) is 31.3. The van der Waals surface area contributed by atoms with Gasteiger partial charge in [0.2, 0.25) is 0 Å². The highest BCUT2D eigenvalue weighted by Gasteiger charge is 2.52. The highest BCUT2D eigenvalue weighted by Crippen LogP contribution is 2.65. The summed E-state index contributed by atoms with van der Waals surface area (Å²) in [5.74, 6) is 0. The SMILES string of the molecule is c1ccc(-c2ccccc2-c2c(-c3ccccc3)cccc2N(c2ccc3oc4ccccc4c3c2)c2cccc3c2-c2ccccc2C32c3ccccc3-c3ccccc32)cc1. The average molecular weight is 802 g/mol. The molecule has 2 heteroatoms. The van der Waals surface area contributed by atoms with E-state index in [1.54, 1.807) is 0 Å². The standard InChI is InChI=1S/C61H39NO/c1-3-19-40(20-4-1)43-23-7-8-27-48(43)59-44(41-21-5-2-6-22-41)29-17-34-55(59)62(42-37-38-58-50(39-42)47-26-12-16-36-57(47)63-58)56-35-18-33-54-60(56)49-28-11-15-32-53(49)61(54)51-30-13-9-24-45(51)46-25-10-14-31-52(46)61/h1-39H. The van der Waals surface area contributed by atoms with E-state index < -0.39 is 5.41 Å². The minimum Gasteiger partial charge on any atom is -0.456 e. The lowest BCUT2D eigenvalue weighted by Gasteiger charge is -2.33. The van der Waals surface area contributed by atoms with Crippen LogP contribution in [0.4, 0.5) is 17.1 Å². The second kappa shape index (κ2) is 13.9. The second-order valence-electron chi connectivity index (χ2n) is 16.7. The zero-order chi connectivity index (χ0) is 41.5. The van der Waals surface area contributed by atoms with Crippen molar-refractivity contribution in [2.24, 2.45) is 0 Å². The monoisotopic (exact) mass is 801 g/mol. The van der Waals surface area contributed by atoms with Gasteiger partial charge in [0.25, 0.3) is 0 Å².